The maximum absolute atomic E-state index is 12.1. The third kappa shape index (κ3) is 3.81. The third-order valence-corrected chi connectivity index (χ3v) is 5.55. The summed E-state index contributed by atoms with van der Waals surface area (Å²) in [6.07, 6.45) is 0.992. The number of fused-ring (bicyclic) bond motifs is 1. The molecule has 7 heteroatoms. The van der Waals surface area contributed by atoms with Gasteiger partial charge in [-0.25, -0.2) is 12.7 Å². The van der Waals surface area contributed by atoms with Crippen LogP contribution in [0.25, 0.3) is 0 Å². The van der Waals surface area contributed by atoms with Crippen molar-refractivity contribution in [3.8, 4) is 0 Å². The Kier molecular flexibility index (Phi) is 6.34. The first kappa shape index (κ1) is 16.2. The van der Waals surface area contributed by atoms with Crippen molar-refractivity contribution in [3.05, 3.63) is 0 Å². The highest BCUT2D eigenvalue weighted by Crippen LogP contribution is 2.27. The summed E-state index contributed by atoms with van der Waals surface area (Å²) in [4.78, 5) is 0. The van der Waals surface area contributed by atoms with Gasteiger partial charge in [0, 0.05) is 19.7 Å². The van der Waals surface area contributed by atoms with Gasteiger partial charge in [0.25, 0.3) is 0 Å². The summed E-state index contributed by atoms with van der Waals surface area (Å²) in [6, 6.07) is 0. The van der Waals surface area contributed by atoms with Gasteiger partial charge in [-0.2, -0.15) is 0 Å². The van der Waals surface area contributed by atoms with Gasteiger partial charge < -0.3 is 10.1 Å². The molecule has 0 radical (unpaired) electrons. The first-order valence-corrected chi connectivity index (χ1v) is 8.00. The van der Waals surface area contributed by atoms with Gasteiger partial charge in [-0.3, -0.25) is 0 Å². The number of nitrogens with one attached hydrogen (secondary N) is 1. The number of piperidine rings is 1. The summed E-state index contributed by atoms with van der Waals surface area (Å²) in [7, 11) is -3.11. The predicted molar refractivity (Wildman–Crippen MR) is 73.6 cm³/mol. The molecule has 2 aliphatic heterocycles. The van der Waals surface area contributed by atoms with E-state index in [9.17, 15) is 8.42 Å². The second-order valence-corrected chi connectivity index (χ2v) is 6.93. The maximum Gasteiger partial charge on any atom is 0.216 e. The van der Waals surface area contributed by atoms with Gasteiger partial charge in [0.15, 0.2) is 0 Å². The van der Waals surface area contributed by atoms with Gasteiger partial charge >= 0.3 is 0 Å². The Morgan fingerprint density at radius 3 is 2.78 bits per heavy atom. The first-order chi connectivity index (χ1) is 8.13. The minimum Gasteiger partial charge on any atom is -0.381 e. The fourth-order valence-corrected chi connectivity index (χ4v) is 4.08. The van der Waals surface area contributed by atoms with Crippen LogP contribution in [-0.4, -0.2) is 57.9 Å². The molecule has 1 N–H and O–H groups in total. The molecule has 2 unspecified atom stereocenters. The van der Waals surface area contributed by atoms with Crippen LogP contribution in [0, 0.1) is 11.8 Å². The molecular formula is C11H23ClN2O3S. The minimum absolute atomic E-state index is 0. The van der Waals surface area contributed by atoms with Gasteiger partial charge in [-0.05, 0) is 38.3 Å². The highest BCUT2D eigenvalue weighted by Gasteiger charge is 2.36. The lowest BCUT2D eigenvalue weighted by Crippen LogP contribution is -2.44. The minimum atomic E-state index is -3.11. The standard InChI is InChI=1S/C11H22N2O3S.ClH/c1-2-16-5-6-17(14,15)13-4-3-10-7-12-8-11(10)9-13;/h10-12H,2-9H2,1H3;1H. The molecule has 0 aromatic carbocycles. The van der Waals surface area contributed by atoms with Crippen LogP contribution in [-0.2, 0) is 14.8 Å². The lowest BCUT2D eigenvalue weighted by atomic mass is 9.90. The average molecular weight is 299 g/mol. The lowest BCUT2D eigenvalue weighted by Gasteiger charge is -2.33. The monoisotopic (exact) mass is 298 g/mol. The summed E-state index contributed by atoms with van der Waals surface area (Å²) >= 11 is 0. The number of nitrogens with zero attached hydrogens (tertiary/aromatic N) is 1. The molecule has 2 heterocycles. The Hall–Kier alpha value is 0.120. The molecule has 0 aliphatic carbocycles. The molecule has 0 saturated carbocycles. The van der Waals surface area contributed by atoms with E-state index in [1.165, 1.54) is 0 Å². The SMILES string of the molecule is CCOCCS(=O)(=O)N1CCC2CNCC2C1.Cl. The largest absolute Gasteiger partial charge is 0.381 e. The molecule has 108 valence electrons. The van der Waals surface area contributed by atoms with E-state index in [1.54, 1.807) is 4.31 Å². The van der Waals surface area contributed by atoms with Crippen LogP contribution in [0.2, 0.25) is 0 Å². The number of hydrogen-bond acceptors (Lipinski definition) is 4. The highest BCUT2D eigenvalue weighted by atomic mass is 35.5. The molecule has 0 bridgehead atoms. The molecule has 2 rings (SSSR count). The van der Waals surface area contributed by atoms with E-state index in [2.05, 4.69) is 5.32 Å². The second kappa shape index (κ2) is 7.05. The number of sulfonamides is 1. The van der Waals surface area contributed by atoms with Gasteiger partial charge in [0.1, 0.15) is 0 Å². The van der Waals surface area contributed by atoms with E-state index < -0.39 is 10.0 Å². The van der Waals surface area contributed by atoms with Crippen LogP contribution in [0.5, 0.6) is 0 Å². The van der Waals surface area contributed by atoms with Crippen LogP contribution in [0.15, 0.2) is 0 Å². The van der Waals surface area contributed by atoms with E-state index in [0.29, 0.717) is 38.1 Å². The van der Waals surface area contributed by atoms with Crippen molar-refractivity contribution in [2.45, 2.75) is 13.3 Å². The van der Waals surface area contributed by atoms with E-state index in [1.807, 2.05) is 6.92 Å². The van der Waals surface area contributed by atoms with Crippen molar-refractivity contribution in [2.75, 3.05) is 45.1 Å². The third-order valence-electron chi connectivity index (χ3n) is 3.75. The summed E-state index contributed by atoms with van der Waals surface area (Å²) in [5.41, 5.74) is 0. The van der Waals surface area contributed by atoms with E-state index >= 15 is 0 Å². The van der Waals surface area contributed by atoms with Crippen LogP contribution in [0.4, 0.5) is 0 Å². The van der Waals surface area contributed by atoms with Gasteiger partial charge in [0.05, 0.1) is 12.4 Å². The molecule has 0 aromatic rings. The predicted octanol–water partition coefficient (Wildman–Crippen LogP) is 0.316. The molecule has 2 saturated heterocycles. The van der Waals surface area contributed by atoms with Crippen LogP contribution in [0.3, 0.4) is 0 Å². The van der Waals surface area contributed by atoms with Gasteiger partial charge in [0.2, 0.25) is 10.0 Å². The van der Waals surface area contributed by atoms with Crippen molar-refractivity contribution >= 4 is 22.4 Å². The molecule has 2 fully saturated rings. The number of rotatable bonds is 5. The molecule has 5 nitrogen and oxygen atoms in total. The fraction of sp³-hybridized carbons (Fsp3) is 1.00. The summed E-state index contributed by atoms with van der Waals surface area (Å²) in [6.45, 7) is 6.14. The average Bonchev–Trinajstić information content (AvgIpc) is 2.76. The van der Waals surface area contributed by atoms with Crippen LogP contribution < -0.4 is 5.32 Å². The molecule has 18 heavy (non-hydrogen) atoms. The Balaban J connectivity index is 0.00000162. The molecule has 0 amide bonds. The Bertz CT molecular complexity index is 350. The zero-order valence-electron chi connectivity index (χ0n) is 10.8. The number of hydrogen-bond donors (Lipinski definition) is 1. The number of halogens is 1. The Morgan fingerprint density at radius 1 is 1.33 bits per heavy atom. The van der Waals surface area contributed by atoms with Crippen LogP contribution >= 0.6 is 12.4 Å². The van der Waals surface area contributed by atoms with E-state index in [4.69, 9.17) is 4.74 Å². The normalized spacial score (nSPS) is 28.7. The van der Waals surface area contributed by atoms with Crippen molar-refractivity contribution in [2.24, 2.45) is 11.8 Å². The zero-order chi connectivity index (χ0) is 12.3. The molecule has 0 aromatic heterocycles. The maximum atomic E-state index is 12.1. The van der Waals surface area contributed by atoms with Crippen molar-refractivity contribution < 1.29 is 13.2 Å². The Labute approximate surface area is 116 Å². The smallest absolute Gasteiger partial charge is 0.216 e. The molecular weight excluding hydrogens is 276 g/mol. The van der Waals surface area contributed by atoms with Gasteiger partial charge in [-0.1, -0.05) is 0 Å². The van der Waals surface area contributed by atoms with Crippen molar-refractivity contribution in [1.82, 2.24) is 9.62 Å². The fourth-order valence-electron chi connectivity index (χ4n) is 2.69. The first-order valence-electron chi connectivity index (χ1n) is 6.39. The molecule has 2 atom stereocenters. The topological polar surface area (TPSA) is 58.6 Å². The van der Waals surface area contributed by atoms with Crippen molar-refractivity contribution in [1.29, 1.82) is 0 Å². The van der Waals surface area contributed by atoms with Crippen molar-refractivity contribution in [3.63, 3.8) is 0 Å². The molecule has 2 aliphatic rings. The van der Waals surface area contributed by atoms with E-state index in [0.717, 1.165) is 19.5 Å². The van der Waals surface area contributed by atoms with Gasteiger partial charge in [-0.15, -0.1) is 12.4 Å². The zero-order valence-corrected chi connectivity index (χ0v) is 12.4. The Morgan fingerprint density at radius 2 is 2.06 bits per heavy atom. The lowest BCUT2D eigenvalue weighted by molar-refractivity contribution is 0.161. The summed E-state index contributed by atoms with van der Waals surface area (Å²) in [5, 5.41) is 3.34. The summed E-state index contributed by atoms with van der Waals surface area (Å²) in [5.74, 6) is 1.30. The number of ether oxygens (including phenoxy) is 1. The molecule has 0 spiro atoms. The second-order valence-electron chi connectivity index (χ2n) is 4.84. The van der Waals surface area contributed by atoms with E-state index in [-0.39, 0.29) is 18.2 Å². The quantitative estimate of drug-likeness (QED) is 0.743. The summed E-state index contributed by atoms with van der Waals surface area (Å²) < 4.78 is 30.9. The van der Waals surface area contributed by atoms with Crippen LogP contribution in [0.1, 0.15) is 13.3 Å². The highest BCUT2D eigenvalue weighted by molar-refractivity contribution is 7.89.